The second kappa shape index (κ2) is 6.11. The van der Waals surface area contributed by atoms with Crippen LogP contribution in [-0.2, 0) is 13.6 Å². The number of hydrogen-bond acceptors (Lipinski definition) is 4. The van der Waals surface area contributed by atoms with Gasteiger partial charge in [-0.3, -0.25) is 19.6 Å². The van der Waals surface area contributed by atoms with Crippen LogP contribution in [0.5, 0.6) is 0 Å². The number of carbonyl (C=O) groups is 1. The number of aromatic nitrogens is 2. The molecule has 0 radical (unpaired) electrons. The number of amides is 1. The van der Waals surface area contributed by atoms with Crippen LogP contribution in [-0.4, -0.2) is 20.6 Å². The van der Waals surface area contributed by atoms with Crippen LogP contribution >= 0.6 is 23.2 Å². The second-order valence-electron chi connectivity index (χ2n) is 4.18. The number of nitrogens with one attached hydrogen (secondary N) is 1. The Morgan fingerprint density at radius 2 is 2.19 bits per heavy atom. The molecule has 0 bridgehead atoms. The zero-order chi connectivity index (χ0) is 15.6. The van der Waals surface area contributed by atoms with Gasteiger partial charge in [-0.2, -0.15) is 5.10 Å². The van der Waals surface area contributed by atoms with Gasteiger partial charge in [-0.05, 0) is 12.1 Å². The molecule has 0 fully saturated rings. The number of carbonyl (C=O) groups excluding carboxylic acids is 1. The lowest BCUT2D eigenvalue weighted by atomic mass is 10.2. The molecule has 21 heavy (non-hydrogen) atoms. The zero-order valence-corrected chi connectivity index (χ0v) is 12.4. The van der Waals surface area contributed by atoms with E-state index in [0.29, 0.717) is 0 Å². The molecule has 1 amide bonds. The molecule has 0 atom stereocenters. The Bertz CT molecular complexity index is 715. The maximum atomic E-state index is 12.0. The molecule has 1 N–H and O–H groups in total. The van der Waals surface area contributed by atoms with Crippen LogP contribution in [0, 0.1) is 10.1 Å². The fourth-order valence-corrected chi connectivity index (χ4v) is 2.08. The van der Waals surface area contributed by atoms with Crippen molar-refractivity contribution in [2.45, 2.75) is 6.54 Å². The molecule has 1 aromatic heterocycles. The monoisotopic (exact) mass is 328 g/mol. The van der Waals surface area contributed by atoms with Gasteiger partial charge in [0.1, 0.15) is 5.02 Å². The van der Waals surface area contributed by atoms with Gasteiger partial charge in [0.05, 0.1) is 22.2 Å². The first-order chi connectivity index (χ1) is 9.90. The van der Waals surface area contributed by atoms with Crippen molar-refractivity contribution in [2.75, 3.05) is 0 Å². The highest BCUT2D eigenvalue weighted by atomic mass is 35.5. The van der Waals surface area contributed by atoms with Gasteiger partial charge in [-0.15, -0.1) is 0 Å². The minimum Gasteiger partial charge on any atom is -0.346 e. The normalized spacial score (nSPS) is 10.4. The van der Waals surface area contributed by atoms with E-state index in [1.807, 2.05) is 0 Å². The third-order valence-electron chi connectivity index (χ3n) is 2.82. The molecule has 0 aliphatic carbocycles. The molecule has 0 saturated carbocycles. The van der Waals surface area contributed by atoms with E-state index in [1.165, 1.54) is 6.07 Å². The molecule has 0 spiro atoms. The van der Waals surface area contributed by atoms with Crippen LogP contribution in [0.15, 0.2) is 24.4 Å². The Labute approximate surface area is 129 Å². The maximum absolute atomic E-state index is 12.0. The van der Waals surface area contributed by atoms with Gasteiger partial charge in [-0.1, -0.05) is 23.2 Å². The van der Waals surface area contributed by atoms with Crippen LogP contribution in [0.1, 0.15) is 16.1 Å². The highest BCUT2D eigenvalue weighted by Gasteiger charge is 2.20. The topological polar surface area (TPSA) is 90.1 Å². The average Bonchev–Trinajstić information content (AvgIpc) is 2.84. The third-order valence-corrected chi connectivity index (χ3v) is 3.61. The lowest BCUT2D eigenvalue weighted by molar-refractivity contribution is -0.384. The first-order valence-electron chi connectivity index (χ1n) is 5.78. The molecule has 9 heteroatoms. The highest BCUT2D eigenvalue weighted by molar-refractivity contribution is 6.43. The zero-order valence-electron chi connectivity index (χ0n) is 10.8. The van der Waals surface area contributed by atoms with Crippen molar-refractivity contribution in [1.82, 2.24) is 15.1 Å². The van der Waals surface area contributed by atoms with Gasteiger partial charge >= 0.3 is 0 Å². The average molecular weight is 329 g/mol. The van der Waals surface area contributed by atoms with E-state index in [0.717, 1.165) is 11.8 Å². The van der Waals surface area contributed by atoms with Crippen LogP contribution in [0.3, 0.4) is 0 Å². The number of hydrogen-bond donors (Lipinski definition) is 1. The number of aryl methyl sites for hydroxylation is 1. The largest absolute Gasteiger partial charge is 0.346 e. The van der Waals surface area contributed by atoms with Crippen molar-refractivity contribution < 1.29 is 9.72 Å². The summed E-state index contributed by atoms with van der Waals surface area (Å²) in [5.41, 5.74) is 0.450. The molecular weight excluding hydrogens is 319 g/mol. The first kappa shape index (κ1) is 15.3. The smallest absolute Gasteiger partial charge is 0.290 e. The fraction of sp³-hybridized carbons (Fsp3) is 0.167. The molecule has 1 aromatic carbocycles. The Morgan fingerprint density at radius 1 is 1.48 bits per heavy atom. The molecule has 0 unspecified atom stereocenters. The van der Waals surface area contributed by atoms with Crippen molar-refractivity contribution in [2.24, 2.45) is 7.05 Å². The Kier molecular flexibility index (Phi) is 4.44. The SMILES string of the molecule is Cn1nccc1CNC(=O)c1cc(Cl)c(Cl)c([N+](=O)[O-])c1. The Morgan fingerprint density at radius 3 is 2.76 bits per heavy atom. The lowest BCUT2D eigenvalue weighted by Crippen LogP contribution is -2.24. The van der Waals surface area contributed by atoms with E-state index >= 15 is 0 Å². The van der Waals surface area contributed by atoms with Crippen molar-refractivity contribution in [3.05, 3.63) is 55.8 Å². The van der Waals surface area contributed by atoms with Crippen LogP contribution in [0.25, 0.3) is 0 Å². The summed E-state index contributed by atoms with van der Waals surface area (Å²) in [4.78, 5) is 22.2. The number of nitro benzene ring substituents is 1. The number of halogens is 2. The van der Waals surface area contributed by atoms with Crippen LogP contribution < -0.4 is 5.32 Å². The molecule has 7 nitrogen and oxygen atoms in total. The number of nitro groups is 1. The number of rotatable bonds is 4. The summed E-state index contributed by atoms with van der Waals surface area (Å²) in [6.45, 7) is 0.239. The van der Waals surface area contributed by atoms with Gasteiger partial charge in [0.2, 0.25) is 0 Å². The molecule has 0 aliphatic rings. The standard InChI is InChI=1S/C12H10Cl2N4O3/c1-17-8(2-3-16-17)6-15-12(19)7-4-9(13)11(14)10(5-7)18(20)21/h2-5H,6H2,1H3,(H,15,19). The van der Waals surface area contributed by atoms with E-state index < -0.39 is 16.5 Å². The molecule has 2 rings (SSSR count). The molecule has 0 aliphatic heterocycles. The second-order valence-corrected chi connectivity index (χ2v) is 4.96. The predicted octanol–water partition coefficient (Wildman–Crippen LogP) is 2.57. The van der Waals surface area contributed by atoms with Crippen molar-refractivity contribution >= 4 is 34.8 Å². The summed E-state index contributed by atoms with van der Waals surface area (Å²) < 4.78 is 1.61. The van der Waals surface area contributed by atoms with E-state index in [9.17, 15) is 14.9 Å². The van der Waals surface area contributed by atoms with E-state index in [-0.39, 0.29) is 22.2 Å². The quantitative estimate of drug-likeness (QED) is 0.689. The predicted molar refractivity (Wildman–Crippen MR) is 77.5 cm³/mol. The van der Waals surface area contributed by atoms with Gasteiger partial charge in [0, 0.05) is 24.9 Å². The van der Waals surface area contributed by atoms with Crippen LogP contribution in [0.2, 0.25) is 10.0 Å². The summed E-state index contributed by atoms with van der Waals surface area (Å²) in [5.74, 6) is -0.488. The molecule has 110 valence electrons. The van der Waals surface area contributed by atoms with Gasteiger partial charge in [-0.25, -0.2) is 0 Å². The van der Waals surface area contributed by atoms with Gasteiger partial charge in [0.25, 0.3) is 11.6 Å². The molecule has 1 heterocycles. The highest BCUT2D eigenvalue weighted by Crippen LogP contribution is 2.33. The van der Waals surface area contributed by atoms with E-state index in [2.05, 4.69) is 10.4 Å². The minimum absolute atomic E-state index is 0.0449. The summed E-state index contributed by atoms with van der Waals surface area (Å²) in [7, 11) is 1.74. The van der Waals surface area contributed by atoms with Crippen molar-refractivity contribution in [1.29, 1.82) is 0 Å². The van der Waals surface area contributed by atoms with Gasteiger partial charge < -0.3 is 5.32 Å². The summed E-state index contributed by atoms with van der Waals surface area (Å²) in [6, 6.07) is 4.12. The Hall–Kier alpha value is -2.12. The summed E-state index contributed by atoms with van der Waals surface area (Å²) in [5, 5.41) is 17.2. The minimum atomic E-state index is -0.688. The number of benzene rings is 1. The first-order valence-corrected chi connectivity index (χ1v) is 6.54. The summed E-state index contributed by atoms with van der Waals surface area (Å²) >= 11 is 11.5. The number of nitrogens with zero attached hydrogens (tertiary/aromatic N) is 3. The van der Waals surface area contributed by atoms with E-state index in [1.54, 1.807) is 24.0 Å². The molecular formula is C12H10Cl2N4O3. The Balaban J connectivity index is 2.20. The molecule has 0 saturated heterocycles. The third kappa shape index (κ3) is 3.32. The van der Waals surface area contributed by atoms with E-state index in [4.69, 9.17) is 23.2 Å². The fourth-order valence-electron chi connectivity index (χ4n) is 1.69. The van der Waals surface area contributed by atoms with Crippen molar-refractivity contribution in [3.63, 3.8) is 0 Å². The lowest BCUT2D eigenvalue weighted by Gasteiger charge is -2.07. The molecule has 2 aromatic rings. The van der Waals surface area contributed by atoms with Crippen LogP contribution in [0.4, 0.5) is 5.69 Å². The maximum Gasteiger partial charge on any atom is 0.290 e. The summed E-state index contributed by atoms with van der Waals surface area (Å²) in [6.07, 6.45) is 1.60. The van der Waals surface area contributed by atoms with Crippen molar-refractivity contribution in [3.8, 4) is 0 Å². The van der Waals surface area contributed by atoms with Gasteiger partial charge in [0.15, 0.2) is 0 Å².